The first-order valence-electron chi connectivity index (χ1n) is 8.71. The summed E-state index contributed by atoms with van der Waals surface area (Å²) in [5.74, 6) is -2.50. The zero-order valence-electron chi connectivity index (χ0n) is 16.2. The Labute approximate surface area is 173 Å². The summed E-state index contributed by atoms with van der Waals surface area (Å²) < 4.78 is 62.9. The van der Waals surface area contributed by atoms with Crippen molar-refractivity contribution < 1.29 is 36.6 Å². The van der Waals surface area contributed by atoms with Crippen LogP contribution in [0.25, 0.3) is 5.82 Å². The molecule has 0 aliphatic rings. The van der Waals surface area contributed by atoms with Gasteiger partial charge in [0.05, 0.1) is 19.8 Å². The van der Waals surface area contributed by atoms with Crippen molar-refractivity contribution in [3.63, 3.8) is 0 Å². The molecule has 0 saturated heterocycles. The van der Waals surface area contributed by atoms with E-state index in [-0.39, 0.29) is 29.2 Å². The van der Waals surface area contributed by atoms with Gasteiger partial charge in [0.15, 0.2) is 17.2 Å². The Balaban J connectivity index is 2.00. The molecule has 31 heavy (non-hydrogen) atoms. The number of carbonyl (C=O) groups is 2. The maximum absolute atomic E-state index is 13.7. The number of methoxy groups -OCH3 is 2. The number of halogens is 4. The van der Waals surface area contributed by atoms with Crippen LogP contribution in [0.2, 0.25) is 0 Å². The van der Waals surface area contributed by atoms with Gasteiger partial charge in [-0.05, 0) is 47.9 Å². The molecule has 7 nitrogen and oxygen atoms in total. The molecule has 3 rings (SSSR count). The first-order chi connectivity index (χ1) is 14.6. The number of ether oxygens (including phenoxy) is 2. The van der Waals surface area contributed by atoms with Crippen LogP contribution in [0.5, 0.6) is 0 Å². The molecule has 0 unspecified atom stereocenters. The predicted molar refractivity (Wildman–Crippen MR) is 98.2 cm³/mol. The van der Waals surface area contributed by atoms with Crippen molar-refractivity contribution >= 4 is 11.9 Å². The van der Waals surface area contributed by atoms with Gasteiger partial charge in [0, 0.05) is 12.3 Å². The molecule has 0 atom stereocenters. The van der Waals surface area contributed by atoms with Crippen molar-refractivity contribution in [3.05, 3.63) is 76.5 Å². The van der Waals surface area contributed by atoms with Crippen LogP contribution in [-0.4, -0.2) is 40.9 Å². The second-order valence-electron chi connectivity index (χ2n) is 6.35. The zero-order chi connectivity index (χ0) is 22.8. The summed E-state index contributed by atoms with van der Waals surface area (Å²) in [4.78, 5) is 27.9. The van der Waals surface area contributed by atoms with Crippen molar-refractivity contribution in [1.29, 1.82) is 0 Å². The Kier molecular flexibility index (Phi) is 6.04. The molecule has 0 fully saturated rings. The third-order valence-electron chi connectivity index (χ3n) is 4.22. The molecule has 0 bridgehead atoms. The number of alkyl halides is 3. The number of hydrogen-bond acceptors (Lipinski definition) is 6. The number of hydrogen-bond donors (Lipinski definition) is 0. The second-order valence-corrected chi connectivity index (χ2v) is 6.35. The molecule has 2 heterocycles. The minimum atomic E-state index is -4.69. The van der Waals surface area contributed by atoms with E-state index in [0.29, 0.717) is 11.6 Å². The lowest BCUT2D eigenvalue weighted by atomic mass is 10.0. The topological polar surface area (TPSA) is 83.3 Å². The van der Waals surface area contributed by atoms with E-state index < -0.39 is 29.5 Å². The monoisotopic (exact) mass is 437 g/mol. The average Bonchev–Trinajstić information content (AvgIpc) is 3.17. The normalized spacial score (nSPS) is 11.3. The molecule has 1 aromatic carbocycles. The van der Waals surface area contributed by atoms with E-state index in [2.05, 4.69) is 19.6 Å². The van der Waals surface area contributed by atoms with Crippen LogP contribution < -0.4 is 0 Å². The minimum Gasteiger partial charge on any atom is -0.464 e. The Morgan fingerprint density at radius 2 is 1.71 bits per heavy atom. The largest absolute Gasteiger partial charge is 0.464 e. The molecule has 0 aliphatic carbocycles. The van der Waals surface area contributed by atoms with Gasteiger partial charge in [-0.15, -0.1) is 0 Å². The van der Waals surface area contributed by atoms with E-state index >= 15 is 0 Å². The lowest BCUT2D eigenvalue weighted by Crippen LogP contribution is -2.12. The maximum atomic E-state index is 13.7. The summed E-state index contributed by atoms with van der Waals surface area (Å²) in [6.07, 6.45) is -3.39. The zero-order valence-corrected chi connectivity index (χ0v) is 16.2. The molecule has 11 heteroatoms. The van der Waals surface area contributed by atoms with Crippen LogP contribution in [-0.2, 0) is 22.1 Å². The van der Waals surface area contributed by atoms with Gasteiger partial charge in [0.25, 0.3) is 0 Å². The fraction of sp³-hybridized carbons (Fsp3) is 0.200. The van der Waals surface area contributed by atoms with E-state index in [4.69, 9.17) is 0 Å². The Bertz CT molecular complexity index is 1140. The predicted octanol–water partition coefficient (Wildman–Crippen LogP) is 3.59. The highest BCUT2D eigenvalue weighted by Crippen LogP contribution is 2.31. The van der Waals surface area contributed by atoms with E-state index in [9.17, 15) is 27.2 Å². The number of pyridine rings is 1. The molecule has 0 amide bonds. The summed E-state index contributed by atoms with van der Waals surface area (Å²) in [7, 11) is 2.29. The van der Waals surface area contributed by atoms with Gasteiger partial charge in [-0.3, -0.25) is 0 Å². The highest BCUT2D eigenvalue weighted by molar-refractivity contribution is 5.93. The molecular formula is C20H15F4N3O4. The molecule has 162 valence electrons. The van der Waals surface area contributed by atoms with Gasteiger partial charge in [0.1, 0.15) is 5.82 Å². The lowest BCUT2D eigenvalue weighted by molar-refractivity contribution is -0.137. The summed E-state index contributed by atoms with van der Waals surface area (Å²) in [5.41, 5.74) is -0.824. The average molecular weight is 437 g/mol. The van der Waals surface area contributed by atoms with Crippen LogP contribution >= 0.6 is 0 Å². The van der Waals surface area contributed by atoms with Crippen molar-refractivity contribution in [3.8, 4) is 5.82 Å². The maximum Gasteiger partial charge on any atom is 0.416 e. The van der Waals surface area contributed by atoms with Gasteiger partial charge in [-0.25, -0.2) is 23.6 Å². The van der Waals surface area contributed by atoms with E-state index in [1.165, 1.54) is 18.3 Å². The van der Waals surface area contributed by atoms with Crippen molar-refractivity contribution in [2.24, 2.45) is 0 Å². The van der Waals surface area contributed by atoms with Crippen LogP contribution in [0.3, 0.4) is 0 Å². The molecule has 0 saturated carbocycles. The number of esters is 2. The Morgan fingerprint density at radius 1 is 1.00 bits per heavy atom. The minimum absolute atomic E-state index is 0.0466. The number of nitrogens with zero attached hydrogens (tertiary/aromatic N) is 3. The lowest BCUT2D eigenvalue weighted by Gasteiger charge is -2.10. The van der Waals surface area contributed by atoms with Crippen molar-refractivity contribution in [2.75, 3.05) is 14.2 Å². The summed E-state index contributed by atoms with van der Waals surface area (Å²) >= 11 is 0. The van der Waals surface area contributed by atoms with E-state index in [1.54, 1.807) is 0 Å². The smallest absolute Gasteiger partial charge is 0.416 e. The first kappa shape index (κ1) is 21.9. The van der Waals surface area contributed by atoms with Gasteiger partial charge >= 0.3 is 18.1 Å². The van der Waals surface area contributed by atoms with Crippen LogP contribution in [0.15, 0.2) is 42.6 Å². The fourth-order valence-corrected chi connectivity index (χ4v) is 2.85. The van der Waals surface area contributed by atoms with Gasteiger partial charge in [0.2, 0.25) is 0 Å². The van der Waals surface area contributed by atoms with Crippen LogP contribution in [0.4, 0.5) is 17.6 Å². The molecule has 0 aliphatic heterocycles. The first-order valence-corrected chi connectivity index (χ1v) is 8.71. The molecular weight excluding hydrogens is 422 g/mol. The highest BCUT2D eigenvalue weighted by atomic mass is 19.4. The van der Waals surface area contributed by atoms with Gasteiger partial charge in [-0.2, -0.15) is 18.3 Å². The number of benzene rings is 1. The SMILES string of the molecule is COC(=O)c1cc(C(=O)OC)n(-c2cc(Cc3cc(F)cc(C(F)(F)F)c3)ccn2)n1. The molecule has 0 N–H and O–H groups in total. The summed E-state index contributed by atoms with van der Waals surface area (Å²) in [6.45, 7) is 0. The number of aromatic nitrogens is 3. The van der Waals surface area contributed by atoms with Crippen LogP contribution in [0.1, 0.15) is 37.7 Å². The summed E-state index contributed by atoms with van der Waals surface area (Å²) in [6, 6.07) is 6.39. The van der Waals surface area contributed by atoms with E-state index in [0.717, 1.165) is 37.1 Å². The third kappa shape index (κ3) is 4.87. The second kappa shape index (κ2) is 8.54. The van der Waals surface area contributed by atoms with Crippen molar-refractivity contribution in [2.45, 2.75) is 12.6 Å². The quantitative estimate of drug-likeness (QED) is 0.448. The summed E-state index contributed by atoms with van der Waals surface area (Å²) in [5, 5.41) is 4.00. The fourth-order valence-electron chi connectivity index (χ4n) is 2.85. The number of carbonyl (C=O) groups excluding carboxylic acids is 2. The Morgan fingerprint density at radius 3 is 2.35 bits per heavy atom. The Hall–Kier alpha value is -3.76. The number of rotatable bonds is 5. The highest BCUT2D eigenvalue weighted by Gasteiger charge is 2.31. The molecule has 3 aromatic rings. The van der Waals surface area contributed by atoms with Gasteiger partial charge in [-0.1, -0.05) is 0 Å². The van der Waals surface area contributed by atoms with Crippen molar-refractivity contribution in [1.82, 2.24) is 14.8 Å². The molecule has 0 spiro atoms. The van der Waals surface area contributed by atoms with E-state index in [1.807, 2.05) is 0 Å². The van der Waals surface area contributed by atoms with Gasteiger partial charge < -0.3 is 9.47 Å². The molecule has 0 radical (unpaired) electrons. The third-order valence-corrected chi connectivity index (χ3v) is 4.22. The molecule has 2 aromatic heterocycles. The van der Waals surface area contributed by atoms with Crippen LogP contribution in [0, 0.1) is 5.82 Å². The standard InChI is InChI=1S/C20H15F4N3O4/c1-30-18(28)15-10-16(19(29)31-2)27(26-15)17-8-11(3-4-25-17)5-12-6-13(20(22,23)24)9-14(21)7-12/h3-4,6-10H,5H2,1-2H3.